The molecule has 2 heterocycles. The van der Waals surface area contributed by atoms with Gasteiger partial charge in [-0.1, -0.05) is 29.5 Å². The highest BCUT2D eigenvalue weighted by molar-refractivity contribution is 7.22. The van der Waals surface area contributed by atoms with Gasteiger partial charge in [-0.15, -0.1) is 0 Å². The number of rotatable bonds is 5. The fourth-order valence-electron chi connectivity index (χ4n) is 2.86. The molecule has 0 N–H and O–H groups in total. The summed E-state index contributed by atoms with van der Waals surface area (Å²) in [6.45, 7) is 0.112. The highest BCUT2D eigenvalue weighted by Crippen LogP contribution is 2.32. The van der Waals surface area contributed by atoms with Crippen LogP contribution in [0, 0.1) is 15.9 Å². The Morgan fingerprint density at radius 3 is 2.76 bits per heavy atom. The normalized spacial score (nSPS) is 10.8. The fraction of sp³-hybridized carbons (Fsp3) is 0.0500. The Balaban J connectivity index is 1.81. The lowest BCUT2D eigenvalue weighted by Gasteiger charge is -2.20. The van der Waals surface area contributed by atoms with Crippen molar-refractivity contribution in [3.05, 3.63) is 94.0 Å². The van der Waals surface area contributed by atoms with E-state index in [0.29, 0.717) is 15.3 Å². The van der Waals surface area contributed by atoms with E-state index in [0.717, 1.165) is 16.9 Å². The minimum Gasteiger partial charge on any atom is -0.279 e. The minimum atomic E-state index is -0.594. The number of aromatic nitrogens is 2. The number of benzene rings is 2. The molecule has 0 saturated heterocycles. The Bertz CT molecular complexity index is 1210. The molecule has 2 aromatic carbocycles. The largest absolute Gasteiger partial charge is 0.282 e. The number of hydrogen-bond donors (Lipinski definition) is 0. The Labute approximate surface area is 168 Å². The van der Waals surface area contributed by atoms with Gasteiger partial charge in [0.2, 0.25) is 0 Å². The Morgan fingerprint density at radius 2 is 2.00 bits per heavy atom. The van der Waals surface area contributed by atoms with Crippen LogP contribution < -0.4 is 4.90 Å². The molecule has 1 amide bonds. The molecule has 0 aliphatic heterocycles. The lowest BCUT2D eigenvalue weighted by atomic mass is 10.1. The molecule has 0 radical (unpaired) electrons. The number of amides is 1. The Hall–Kier alpha value is -3.72. The Kier molecular flexibility index (Phi) is 4.96. The van der Waals surface area contributed by atoms with E-state index in [1.54, 1.807) is 30.6 Å². The minimum absolute atomic E-state index is 0.0492. The predicted molar refractivity (Wildman–Crippen MR) is 107 cm³/mol. The Morgan fingerprint density at radius 1 is 1.17 bits per heavy atom. The zero-order valence-corrected chi connectivity index (χ0v) is 15.7. The molecule has 0 aliphatic rings. The number of halogens is 1. The first kappa shape index (κ1) is 18.6. The molecule has 29 heavy (non-hydrogen) atoms. The number of nitro groups is 1. The average Bonchev–Trinajstić information content (AvgIpc) is 3.15. The number of anilines is 1. The first-order valence-electron chi connectivity index (χ1n) is 8.53. The van der Waals surface area contributed by atoms with Crippen LogP contribution in [-0.4, -0.2) is 20.8 Å². The maximum Gasteiger partial charge on any atom is 0.282 e. The van der Waals surface area contributed by atoms with Crippen LogP contribution in [0.5, 0.6) is 0 Å². The summed E-state index contributed by atoms with van der Waals surface area (Å²) >= 11 is 1.14. The van der Waals surface area contributed by atoms with E-state index >= 15 is 0 Å². The van der Waals surface area contributed by atoms with Crippen LogP contribution >= 0.6 is 11.3 Å². The molecule has 9 heteroatoms. The lowest BCUT2D eigenvalue weighted by Crippen LogP contribution is -2.31. The zero-order valence-electron chi connectivity index (χ0n) is 14.9. The summed E-state index contributed by atoms with van der Waals surface area (Å²) in [6, 6.07) is 13.4. The molecule has 0 aliphatic carbocycles. The molecule has 2 aromatic heterocycles. The smallest absolute Gasteiger partial charge is 0.279 e. The van der Waals surface area contributed by atoms with E-state index in [2.05, 4.69) is 9.97 Å². The molecule has 0 spiro atoms. The van der Waals surface area contributed by atoms with Crippen LogP contribution in [0.1, 0.15) is 15.9 Å². The van der Waals surface area contributed by atoms with Crippen LogP contribution in [-0.2, 0) is 6.54 Å². The topological polar surface area (TPSA) is 89.2 Å². The van der Waals surface area contributed by atoms with Gasteiger partial charge >= 0.3 is 0 Å². The van der Waals surface area contributed by atoms with E-state index < -0.39 is 16.6 Å². The van der Waals surface area contributed by atoms with E-state index in [1.807, 2.05) is 0 Å². The second-order valence-corrected chi connectivity index (χ2v) is 7.14. The van der Waals surface area contributed by atoms with E-state index in [-0.39, 0.29) is 17.8 Å². The van der Waals surface area contributed by atoms with E-state index in [1.165, 1.54) is 41.3 Å². The fourth-order valence-corrected chi connectivity index (χ4v) is 3.85. The third-order valence-corrected chi connectivity index (χ3v) is 5.25. The van der Waals surface area contributed by atoms with Gasteiger partial charge in [-0.05, 0) is 35.9 Å². The van der Waals surface area contributed by atoms with Crippen molar-refractivity contribution in [3.63, 3.8) is 0 Å². The van der Waals surface area contributed by atoms with Crippen LogP contribution in [0.2, 0.25) is 0 Å². The first-order chi connectivity index (χ1) is 14.0. The molecule has 7 nitrogen and oxygen atoms in total. The maximum atomic E-state index is 13.6. The third kappa shape index (κ3) is 3.81. The maximum absolute atomic E-state index is 13.6. The van der Waals surface area contributed by atoms with Gasteiger partial charge in [-0.3, -0.25) is 24.8 Å². The van der Waals surface area contributed by atoms with Crippen molar-refractivity contribution in [1.29, 1.82) is 0 Å². The van der Waals surface area contributed by atoms with Gasteiger partial charge in [-0.25, -0.2) is 9.37 Å². The first-order valence-corrected chi connectivity index (χ1v) is 9.35. The number of carbonyl (C=O) groups is 1. The van der Waals surface area contributed by atoms with Crippen LogP contribution in [0.15, 0.2) is 67.0 Å². The van der Waals surface area contributed by atoms with Gasteiger partial charge in [0.05, 0.1) is 21.7 Å². The average molecular weight is 408 g/mol. The van der Waals surface area contributed by atoms with Crippen molar-refractivity contribution in [2.75, 3.05) is 4.90 Å². The molecule has 4 aromatic rings. The summed E-state index contributed by atoms with van der Waals surface area (Å²) in [4.78, 5) is 33.9. The summed E-state index contributed by atoms with van der Waals surface area (Å²) in [5, 5.41) is 11.7. The lowest BCUT2D eigenvalue weighted by molar-refractivity contribution is -0.385. The number of thiazole rings is 1. The van der Waals surface area contributed by atoms with Crippen molar-refractivity contribution >= 4 is 38.3 Å². The van der Waals surface area contributed by atoms with Crippen molar-refractivity contribution in [2.45, 2.75) is 6.54 Å². The molecule has 4 rings (SSSR count). The SMILES string of the molecule is O=C(c1ccccc1[N+](=O)[O-])N(Cc1cccnc1)c1nc2ccc(F)cc2s1. The monoisotopic (exact) mass is 408 g/mol. The number of hydrogen-bond acceptors (Lipinski definition) is 6. The standard InChI is InChI=1S/C20H13FN4O3S/c21-14-7-8-16-18(10-14)29-20(23-16)24(12-13-4-3-9-22-11-13)19(26)15-5-1-2-6-17(15)25(27)28/h1-11H,12H2. The van der Waals surface area contributed by atoms with E-state index in [4.69, 9.17) is 0 Å². The van der Waals surface area contributed by atoms with Gasteiger partial charge in [0.25, 0.3) is 11.6 Å². The second kappa shape index (κ2) is 7.72. The van der Waals surface area contributed by atoms with Crippen molar-refractivity contribution < 1.29 is 14.1 Å². The summed E-state index contributed by atoms with van der Waals surface area (Å²) in [6.07, 6.45) is 3.21. The molecular formula is C20H13FN4O3S. The summed E-state index contributed by atoms with van der Waals surface area (Å²) in [5.41, 5.74) is 0.926. The number of carbonyl (C=O) groups excluding carboxylic acids is 1. The molecule has 0 saturated carbocycles. The molecule has 0 unspecified atom stereocenters. The van der Waals surface area contributed by atoms with Crippen LogP contribution in [0.25, 0.3) is 10.2 Å². The summed E-state index contributed by atoms with van der Waals surface area (Å²) in [5.74, 6) is -0.975. The van der Waals surface area contributed by atoms with Crippen molar-refractivity contribution in [1.82, 2.24) is 9.97 Å². The van der Waals surface area contributed by atoms with Gasteiger partial charge in [0, 0.05) is 18.5 Å². The molecule has 0 bridgehead atoms. The number of fused-ring (bicyclic) bond motifs is 1. The summed E-state index contributed by atoms with van der Waals surface area (Å²) < 4.78 is 14.1. The number of para-hydroxylation sites is 1. The van der Waals surface area contributed by atoms with Crippen molar-refractivity contribution in [3.8, 4) is 0 Å². The highest BCUT2D eigenvalue weighted by atomic mass is 32.1. The van der Waals surface area contributed by atoms with Gasteiger partial charge in [-0.2, -0.15) is 0 Å². The second-order valence-electron chi connectivity index (χ2n) is 6.14. The van der Waals surface area contributed by atoms with E-state index in [9.17, 15) is 19.3 Å². The summed E-state index contributed by atoms with van der Waals surface area (Å²) in [7, 11) is 0. The molecular weight excluding hydrogens is 395 g/mol. The van der Waals surface area contributed by atoms with Gasteiger partial charge in [0.1, 0.15) is 11.4 Å². The van der Waals surface area contributed by atoms with Crippen LogP contribution in [0.3, 0.4) is 0 Å². The number of pyridine rings is 1. The quantitative estimate of drug-likeness (QED) is 0.356. The zero-order chi connectivity index (χ0) is 20.4. The van der Waals surface area contributed by atoms with Crippen LogP contribution in [0.4, 0.5) is 15.2 Å². The third-order valence-electron chi connectivity index (χ3n) is 4.21. The highest BCUT2D eigenvalue weighted by Gasteiger charge is 2.27. The number of nitro benzene ring substituents is 1. The molecule has 0 fully saturated rings. The molecule has 144 valence electrons. The van der Waals surface area contributed by atoms with Gasteiger partial charge < -0.3 is 0 Å². The molecule has 0 atom stereocenters. The van der Waals surface area contributed by atoms with Gasteiger partial charge in [0.15, 0.2) is 5.13 Å². The predicted octanol–water partition coefficient (Wildman–Crippen LogP) is 4.59. The van der Waals surface area contributed by atoms with Crippen molar-refractivity contribution in [2.24, 2.45) is 0 Å². The number of nitrogens with zero attached hydrogens (tertiary/aromatic N) is 4.